The van der Waals surface area contributed by atoms with Crippen LogP contribution in [0, 0.1) is 0 Å². The maximum atomic E-state index is 13.5. The Morgan fingerprint density at radius 2 is 1.59 bits per heavy atom. The van der Waals surface area contributed by atoms with Gasteiger partial charge in [0, 0.05) is 25.6 Å². The average molecular weight is 528 g/mol. The number of hydrogen-bond acceptors (Lipinski definition) is 5. The van der Waals surface area contributed by atoms with Gasteiger partial charge < -0.3 is 20.1 Å². The van der Waals surface area contributed by atoms with Crippen LogP contribution in [0.15, 0.2) is 78.9 Å². The number of alkyl carbamates (subject to hydrolysis) is 1. The van der Waals surface area contributed by atoms with Crippen LogP contribution in [0.2, 0.25) is 0 Å². The highest BCUT2D eigenvalue weighted by molar-refractivity contribution is 5.90. The highest BCUT2D eigenvalue weighted by Crippen LogP contribution is 2.44. The van der Waals surface area contributed by atoms with Crippen LogP contribution in [-0.4, -0.2) is 71.7 Å². The van der Waals surface area contributed by atoms with Gasteiger partial charge >= 0.3 is 12.1 Å². The maximum absolute atomic E-state index is 13.5. The summed E-state index contributed by atoms with van der Waals surface area (Å²) in [5.41, 5.74) is 5.53. The first-order valence-corrected chi connectivity index (χ1v) is 13.3. The summed E-state index contributed by atoms with van der Waals surface area (Å²) in [6.07, 6.45) is 0.313. The Morgan fingerprint density at radius 1 is 0.974 bits per heavy atom. The molecule has 3 aromatic rings. The van der Waals surface area contributed by atoms with E-state index >= 15 is 0 Å². The number of ether oxygens (including phenoxy) is 1. The van der Waals surface area contributed by atoms with E-state index in [0.717, 1.165) is 27.8 Å². The Balaban J connectivity index is 1.29. The summed E-state index contributed by atoms with van der Waals surface area (Å²) in [4.78, 5) is 41.7. The molecular formula is C31H33N3O5. The first-order chi connectivity index (χ1) is 18.9. The number of benzene rings is 3. The van der Waals surface area contributed by atoms with Crippen LogP contribution in [0.4, 0.5) is 4.79 Å². The molecule has 8 heteroatoms. The summed E-state index contributed by atoms with van der Waals surface area (Å²) in [7, 11) is 1.87. The van der Waals surface area contributed by atoms with Gasteiger partial charge in [0.15, 0.2) is 0 Å². The monoisotopic (exact) mass is 527 g/mol. The number of fused-ring (bicyclic) bond motifs is 3. The molecule has 8 nitrogen and oxygen atoms in total. The zero-order chi connectivity index (χ0) is 27.4. The normalized spacial score (nSPS) is 17.0. The molecule has 1 saturated heterocycles. The van der Waals surface area contributed by atoms with Crippen molar-refractivity contribution in [1.29, 1.82) is 0 Å². The zero-order valence-corrected chi connectivity index (χ0v) is 22.0. The van der Waals surface area contributed by atoms with Crippen molar-refractivity contribution < 1.29 is 24.2 Å². The van der Waals surface area contributed by atoms with E-state index < -0.39 is 30.1 Å². The Labute approximate surface area is 228 Å². The standard InChI is InChI=1S/C31H33N3O5/c1-33(18-21-10-3-2-4-11-21)19-27(29(35)34-17-9-16-28(34)30(36)37)32-31(38)39-20-26-24-14-7-5-12-22(24)23-13-6-8-15-25(23)26/h2-8,10-15,26-28H,9,16-20H2,1H3,(H,32,38)(H,36,37). The minimum absolute atomic E-state index is 0.104. The molecule has 2 unspecified atom stereocenters. The second-order valence-corrected chi connectivity index (χ2v) is 10.2. The highest BCUT2D eigenvalue weighted by Gasteiger charge is 2.38. The van der Waals surface area contributed by atoms with Gasteiger partial charge in [0.05, 0.1) is 0 Å². The van der Waals surface area contributed by atoms with Gasteiger partial charge in [0.25, 0.3) is 0 Å². The third-order valence-electron chi connectivity index (χ3n) is 7.54. The van der Waals surface area contributed by atoms with Crippen LogP contribution in [0.1, 0.15) is 35.4 Å². The smallest absolute Gasteiger partial charge is 0.407 e. The number of nitrogens with zero attached hydrogens (tertiary/aromatic N) is 2. The number of carboxylic acids is 1. The predicted molar refractivity (Wildman–Crippen MR) is 147 cm³/mol. The molecule has 5 rings (SSSR count). The molecule has 1 aliphatic carbocycles. The number of hydrogen-bond donors (Lipinski definition) is 2. The summed E-state index contributed by atoms with van der Waals surface area (Å²) in [6, 6.07) is 24.2. The van der Waals surface area contributed by atoms with Crippen molar-refractivity contribution in [3.05, 3.63) is 95.6 Å². The Bertz CT molecular complexity index is 1300. The number of aliphatic carboxylic acids is 1. The number of carboxylic acid groups (broad SMARTS) is 1. The second-order valence-electron chi connectivity index (χ2n) is 10.2. The molecule has 1 heterocycles. The van der Waals surface area contributed by atoms with E-state index in [0.29, 0.717) is 25.9 Å². The fraction of sp³-hybridized carbons (Fsp3) is 0.323. The third kappa shape index (κ3) is 5.81. The number of rotatable bonds is 9. The number of carbonyl (C=O) groups is 3. The van der Waals surface area contributed by atoms with Crippen molar-refractivity contribution in [1.82, 2.24) is 15.1 Å². The quantitative estimate of drug-likeness (QED) is 0.435. The molecule has 0 aromatic heterocycles. The minimum atomic E-state index is -1.03. The highest BCUT2D eigenvalue weighted by atomic mass is 16.5. The van der Waals surface area contributed by atoms with Gasteiger partial charge in [-0.1, -0.05) is 78.9 Å². The van der Waals surface area contributed by atoms with Gasteiger partial charge in [-0.3, -0.25) is 9.69 Å². The SMILES string of the molecule is CN(Cc1ccccc1)CC(NC(=O)OCC1c2ccccc2-c2ccccc21)C(=O)N1CCCC1C(=O)O. The van der Waals surface area contributed by atoms with Crippen LogP contribution >= 0.6 is 0 Å². The molecule has 1 aliphatic heterocycles. The molecule has 39 heavy (non-hydrogen) atoms. The molecule has 3 aromatic carbocycles. The fourth-order valence-corrected chi connectivity index (χ4v) is 5.73. The molecule has 2 amide bonds. The molecule has 2 aliphatic rings. The number of nitrogens with one attached hydrogen (secondary N) is 1. The molecule has 0 saturated carbocycles. The lowest BCUT2D eigenvalue weighted by Crippen LogP contribution is -2.55. The summed E-state index contributed by atoms with van der Waals surface area (Å²) >= 11 is 0. The van der Waals surface area contributed by atoms with E-state index in [9.17, 15) is 19.5 Å². The van der Waals surface area contributed by atoms with Gasteiger partial charge in [-0.25, -0.2) is 9.59 Å². The van der Waals surface area contributed by atoms with E-state index in [-0.39, 0.29) is 19.1 Å². The zero-order valence-electron chi connectivity index (χ0n) is 22.0. The molecule has 0 bridgehead atoms. The second kappa shape index (κ2) is 11.7. The van der Waals surface area contributed by atoms with Gasteiger partial charge in [-0.2, -0.15) is 0 Å². The number of amides is 2. The van der Waals surface area contributed by atoms with Gasteiger partial charge in [0.1, 0.15) is 18.7 Å². The van der Waals surface area contributed by atoms with Gasteiger partial charge in [0.2, 0.25) is 5.91 Å². The molecule has 1 fully saturated rings. The lowest BCUT2D eigenvalue weighted by atomic mass is 9.98. The molecule has 2 atom stereocenters. The van der Waals surface area contributed by atoms with E-state index in [1.807, 2.05) is 78.7 Å². The molecule has 2 N–H and O–H groups in total. The van der Waals surface area contributed by atoms with Crippen molar-refractivity contribution in [3.8, 4) is 11.1 Å². The maximum Gasteiger partial charge on any atom is 0.407 e. The van der Waals surface area contributed by atoms with E-state index in [1.165, 1.54) is 4.90 Å². The van der Waals surface area contributed by atoms with Crippen LogP contribution in [0.3, 0.4) is 0 Å². The summed E-state index contributed by atoms with van der Waals surface area (Å²) in [5, 5.41) is 12.4. The minimum Gasteiger partial charge on any atom is -0.480 e. The summed E-state index contributed by atoms with van der Waals surface area (Å²) < 4.78 is 5.70. The Morgan fingerprint density at radius 3 is 2.23 bits per heavy atom. The van der Waals surface area contributed by atoms with Gasteiger partial charge in [-0.05, 0) is 47.7 Å². The van der Waals surface area contributed by atoms with Crippen molar-refractivity contribution in [2.45, 2.75) is 37.4 Å². The van der Waals surface area contributed by atoms with Crippen molar-refractivity contribution in [2.75, 3.05) is 26.7 Å². The van der Waals surface area contributed by atoms with Gasteiger partial charge in [-0.15, -0.1) is 0 Å². The lowest BCUT2D eigenvalue weighted by Gasteiger charge is -2.30. The van der Waals surface area contributed by atoms with E-state index in [4.69, 9.17) is 4.74 Å². The van der Waals surface area contributed by atoms with Crippen LogP contribution in [0.5, 0.6) is 0 Å². The molecule has 202 valence electrons. The average Bonchev–Trinajstić information content (AvgIpc) is 3.55. The first-order valence-electron chi connectivity index (χ1n) is 13.3. The molecule has 0 spiro atoms. The Kier molecular flexibility index (Phi) is 7.93. The summed E-state index contributed by atoms with van der Waals surface area (Å²) in [5.74, 6) is -1.54. The lowest BCUT2D eigenvalue weighted by molar-refractivity contribution is -0.149. The fourth-order valence-electron chi connectivity index (χ4n) is 5.73. The number of carbonyl (C=O) groups excluding carboxylic acids is 2. The van der Waals surface area contributed by atoms with Crippen LogP contribution in [-0.2, 0) is 20.9 Å². The topological polar surface area (TPSA) is 99.2 Å². The number of likely N-dealkylation sites (N-methyl/N-ethyl adjacent to an activating group) is 1. The van der Waals surface area contributed by atoms with Crippen molar-refractivity contribution in [2.24, 2.45) is 0 Å². The largest absolute Gasteiger partial charge is 0.480 e. The first kappa shape index (κ1) is 26.4. The molecule has 0 radical (unpaired) electrons. The number of likely N-dealkylation sites (tertiary alicyclic amines) is 1. The van der Waals surface area contributed by atoms with E-state index in [1.54, 1.807) is 0 Å². The predicted octanol–water partition coefficient (Wildman–Crippen LogP) is 4.10. The third-order valence-corrected chi connectivity index (χ3v) is 7.54. The summed E-state index contributed by atoms with van der Waals surface area (Å²) in [6.45, 7) is 1.25. The van der Waals surface area contributed by atoms with E-state index in [2.05, 4.69) is 17.4 Å². The Hall–Kier alpha value is -4.17. The molecular weight excluding hydrogens is 494 g/mol. The van der Waals surface area contributed by atoms with Crippen molar-refractivity contribution in [3.63, 3.8) is 0 Å². The van der Waals surface area contributed by atoms with Crippen molar-refractivity contribution >= 4 is 18.0 Å². The van der Waals surface area contributed by atoms with Crippen LogP contribution < -0.4 is 5.32 Å². The van der Waals surface area contributed by atoms with Crippen LogP contribution in [0.25, 0.3) is 11.1 Å².